The van der Waals surface area contributed by atoms with Crippen LogP contribution in [0.1, 0.15) is 39.0 Å². The molecular formula is C12H21F2NO. The number of hydrogen-bond donors (Lipinski definition) is 1. The molecule has 2 aliphatic rings. The van der Waals surface area contributed by atoms with Gasteiger partial charge in [-0.3, -0.25) is 4.90 Å². The van der Waals surface area contributed by atoms with Crippen molar-refractivity contribution in [3.05, 3.63) is 0 Å². The molecule has 1 saturated heterocycles. The van der Waals surface area contributed by atoms with E-state index in [9.17, 15) is 13.9 Å². The summed E-state index contributed by atoms with van der Waals surface area (Å²) in [5.41, 5.74) is 0.343. The first-order chi connectivity index (χ1) is 7.51. The molecule has 1 saturated carbocycles. The number of halogens is 2. The summed E-state index contributed by atoms with van der Waals surface area (Å²) in [6.07, 6.45) is 1.14. The van der Waals surface area contributed by atoms with Crippen molar-refractivity contribution in [1.82, 2.24) is 4.90 Å². The second kappa shape index (κ2) is 4.57. The second-order valence-electron chi connectivity index (χ2n) is 5.69. The van der Waals surface area contributed by atoms with Gasteiger partial charge in [0.2, 0.25) is 6.43 Å². The summed E-state index contributed by atoms with van der Waals surface area (Å²) in [6, 6.07) is 0. The molecule has 1 spiro atoms. The van der Waals surface area contributed by atoms with Crippen LogP contribution in [-0.4, -0.2) is 35.7 Å². The van der Waals surface area contributed by atoms with Crippen molar-refractivity contribution in [2.24, 2.45) is 11.3 Å². The Kier molecular flexibility index (Phi) is 3.50. The van der Waals surface area contributed by atoms with Gasteiger partial charge in [-0.1, -0.05) is 19.8 Å². The molecule has 0 aromatic rings. The van der Waals surface area contributed by atoms with E-state index in [-0.39, 0.29) is 0 Å². The van der Waals surface area contributed by atoms with Crippen molar-refractivity contribution in [2.75, 3.05) is 13.1 Å². The fraction of sp³-hybridized carbons (Fsp3) is 1.00. The molecule has 2 fully saturated rings. The van der Waals surface area contributed by atoms with Crippen molar-refractivity contribution in [1.29, 1.82) is 0 Å². The van der Waals surface area contributed by atoms with Gasteiger partial charge >= 0.3 is 0 Å². The maximum Gasteiger partial charge on any atom is 0.242 e. The highest BCUT2D eigenvalue weighted by molar-refractivity contribution is 4.98. The monoisotopic (exact) mass is 233 g/mol. The second-order valence-corrected chi connectivity index (χ2v) is 5.69. The van der Waals surface area contributed by atoms with E-state index in [0.717, 1.165) is 19.0 Å². The van der Waals surface area contributed by atoms with Crippen molar-refractivity contribution >= 4 is 0 Å². The fourth-order valence-corrected chi connectivity index (χ4v) is 3.03. The summed E-state index contributed by atoms with van der Waals surface area (Å²) < 4.78 is 24.2. The average molecular weight is 233 g/mol. The van der Waals surface area contributed by atoms with Crippen LogP contribution in [0.5, 0.6) is 0 Å². The van der Waals surface area contributed by atoms with Gasteiger partial charge in [0.25, 0.3) is 0 Å². The maximum atomic E-state index is 12.1. The minimum atomic E-state index is -2.40. The maximum absolute atomic E-state index is 12.1. The molecule has 2 rings (SSSR count). The van der Waals surface area contributed by atoms with Gasteiger partial charge in [-0.25, -0.2) is 8.78 Å². The van der Waals surface area contributed by atoms with Gasteiger partial charge in [-0.15, -0.1) is 0 Å². The third-order valence-electron chi connectivity index (χ3n) is 4.22. The summed E-state index contributed by atoms with van der Waals surface area (Å²) in [5.74, 6) is 0.811. The zero-order chi connectivity index (χ0) is 11.8. The quantitative estimate of drug-likeness (QED) is 0.809. The molecule has 0 aromatic heterocycles. The van der Waals surface area contributed by atoms with Crippen LogP contribution >= 0.6 is 0 Å². The summed E-state index contributed by atoms with van der Waals surface area (Å²) in [6.45, 7) is 3.90. The Hall–Kier alpha value is -0.220. The molecule has 4 heteroatoms. The molecule has 0 radical (unpaired) electrons. The first kappa shape index (κ1) is 12.2. The summed E-state index contributed by atoms with van der Waals surface area (Å²) in [5, 5.41) is 9.55. The van der Waals surface area contributed by atoms with Gasteiger partial charge in [0.15, 0.2) is 0 Å². The number of hydrogen-bond acceptors (Lipinski definition) is 2. The zero-order valence-electron chi connectivity index (χ0n) is 9.83. The molecular weight excluding hydrogens is 212 g/mol. The van der Waals surface area contributed by atoms with E-state index in [1.54, 1.807) is 4.90 Å². The van der Waals surface area contributed by atoms with Gasteiger partial charge in [0, 0.05) is 19.5 Å². The SMILES string of the molecule is CC1CCC2(CC1)CN(C(O)CC(F)F)C2. The van der Waals surface area contributed by atoms with Gasteiger partial charge in [-0.2, -0.15) is 0 Å². The largest absolute Gasteiger partial charge is 0.378 e. The minimum absolute atomic E-state index is 0.343. The summed E-state index contributed by atoms with van der Waals surface area (Å²) in [4.78, 5) is 1.79. The van der Waals surface area contributed by atoms with Crippen LogP contribution in [-0.2, 0) is 0 Å². The number of alkyl halides is 2. The lowest BCUT2D eigenvalue weighted by molar-refractivity contribution is -0.140. The van der Waals surface area contributed by atoms with Gasteiger partial charge in [-0.05, 0) is 24.2 Å². The predicted molar refractivity (Wildman–Crippen MR) is 58.3 cm³/mol. The van der Waals surface area contributed by atoms with Crippen molar-refractivity contribution in [3.8, 4) is 0 Å². The Morgan fingerprint density at radius 3 is 2.38 bits per heavy atom. The van der Waals surface area contributed by atoms with E-state index >= 15 is 0 Å². The highest BCUT2D eigenvalue weighted by Crippen LogP contribution is 2.46. The Morgan fingerprint density at radius 2 is 1.88 bits per heavy atom. The number of aliphatic hydroxyl groups is 1. The molecule has 0 amide bonds. The van der Waals surface area contributed by atoms with E-state index in [1.807, 2.05) is 0 Å². The van der Waals surface area contributed by atoms with E-state index in [4.69, 9.17) is 0 Å². The minimum Gasteiger partial charge on any atom is -0.378 e. The molecule has 0 aromatic carbocycles. The lowest BCUT2D eigenvalue weighted by atomic mass is 9.66. The molecule has 1 aliphatic heterocycles. The molecule has 1 N–H and O–H groups in total. The van der Waals surface area contributed by atoms with Gasteiger partial charge in [0.05, 0.1) is 0 Å². The van der Waals surface area contributed by atoms with Crippen molar-refractivity contribution < 1.29 is 13.9 Å². The third-order valence-corrected chi connectivity index (χ3v) is 4.22. The zero-order valence-corrected chi connectivity index (χ0v) is 9.83. The Morgan fingerprint density at radius 1 is 1.31 bits per heavy atom. The molecule has 94 valence electrons. The molecule has 1 unspecified atom stereocenters. The first-order valence-electron chi connectivity index (χ1n) is 6.21. The predicted octanol–water partition coefficient (Wildman–Crippen LogP) is 2.47. The normalized spacial score (nSPS) is 28.3. The van der Waals surface area contributed by atoms with E-state index in [1.165, 1.54) is 25.7 Å². The van der Waals surface area contributed by atoms with Gasteiger partial charge in [0.1, 0.15) is 6.23 Å². The van der Waals surface area contributed by atoms with Crippen LogP contribution in [0.4, 0.5) is 8.78 Å². The van der Waals surface area contributed by atoms with Crippen molar-refractivity contribution in [2.45, 2.75) is 51.7 Å². The fourth-order valence-electron chi connectivity index (χ4n) is 3.03. The number of rotatable bonds is 3. The Balaban J connectivity index is 1.76. The highest BCUT2D eigenvalue weighted by atomic mass is 19.3. The van der Waals surface area contributed by atoms with Crippen LogP contribution < -0.4 is 0 Å². The Bertz CT molecular complexity index is 231. The molecule has 2 nitrogen and oxygen atoms in total. The molecule has 1 atom stereocenters. The van der Waals surface area contributed by atoms with Crippen LogP contribution in [0.25, 0.3) is 0 Å². The topological polar surface area (TPSA) is 23.5 Å². The van der Waals surface area contributed by atoms with E-state index < -0.39 is 19.1 Å². The first-order valence-corrected chi connectivity index (χ1v) is 6.21. The third kappa shape index (κ3) is 2.54. The lowest BCUT2D eigenvalue weighted by Gasteiger charge is -2.54. The van der Waals surface area contributed by atoms with Crippen molar-refractivity contribution in [3.63, 3.8) is 0 Å². The number of aliphatic hydroxyl groups excluding tert-OH is 1. The summed E-state index contributed by atoms with van der Waals surface area (Å²) >= 11 is 0. The van der Waals surface area contributed by atoms with Crippen LogP contribution in [0, 0.1) is 11.3 Å². The molecule has 16 heavy (non-hydrogen) atoms. The molecule has 0 bridgehead atoms. The standard InChI is InChI=1S/C12H21F2NO/c1-9-2-4-12(5-3-9)7-15(8-12)11(16)6-10(13)14/h9-11,16H,2-8H2,1H3. The molecule has 1 aliphatic carbocycles. The van der Waals surface area contributed by atoms with E-state index in [2.05, 4.69) is 6.92 Å². The van der Waals surface area contributed by atoms with Crippen LogP contribution in [0.2, 0.25) is 0 Å². The van der Waals surface area contributed by atoms with Crippen LogP contribution in [0.15, 0.2) is 0 Å². The Labute approximate surface area is 95.6 Å². The average Bonchev–Trinajstić information content (AvgIpc) is 2.14. The highest BCUT2D eigenvalue weighted by Gasteiger charge is 2.46. The smallest absolute Gasteiger partial charge is 0.242 e. The van der Waals surface area contributed by atoms with E-state index in [0.29, 0.717) is 5.41 Å². The summed E-state index contributed by atoms with van der Waals surface area (Å²) in [7, 11) is 0. The van der Waals surface area contributed by atoms with Crippen LogP contribution in [0.3, 0.4) is 0 Å². The number of nitrogens with zero attached hydrogens (tertiary/aromatic N) is 1. The lowest BCUT2D eigenvalue weighted by Crippen LogP contribution is -2.61. The molecule has 1 heterocycles. The van der Waals surface area contributed by atoms with Gasteiger partial charge < -0.3 is 5.11 Å². The number of likely N-dealkylation sites (tertiary alicyclic amines) is 1.